The van der Waals surface area contributed by atoms with E-state index < -0.39 is 0 Å². The van der Waals surface area contributed by atoms with Gasteiger partial charge in [-0.25, -0.2) is 15.8 Å². The molecule has 7 heteroatoms. The van der Waals surface area contributed by atoms with Crippen LogP contribution < -0.4 is 11.3 Å². The van der Waals surface area contributed by atoms with Crippen LogP contribution in [0.3, 0.4) is 0 Å². The van der Waals surface area contributed by atoms with Gasteiger partial charge in [-0.1, -0.05) is 6.07 Å². The molecule has 0 aliphatic rings. The van der Waals surface area contributed by atoms with Crippen molar-refractivity contribution in [3.05, 3.63) is 41.6 Å². The predicted molar refractivity (Wildman–Crippen MR) is 62.8 cm³/mol. The first-order chi connectivity index (χ1) is 8.78. The van der Waals surface area contributed by atoms with Crippen LogP contribution in [0.15, 0.2) is 24.7 Å². The Kier molecular flexibility index (Phi) is 3.19. The molecule has 88 valence electrons. The summed E-state index contributed by atoms with van der Waals surface area (Å²) >= 11 is 0. The topological polar surface area (TPSA) is 116 Å². The van der Waals surface area contributed by atoms with E-state index >= 15 is 0 Å². The van der Waals surface area contributed by atoms with Crippen LogP contribution in [0.4, 0.5) is 5.82 Å². The van der Waals surface area contributed by atoms with Crippen molar-refractivity contribution in [2.24, 2.45) is 5.84 Å². The lowest BCUT2D eigenvalue weighted by atomic mass is 10.2. The lowest BCUT2D eigenvalue weighted by Gasteiger charge is -2.04. The predicted octanol–water partition coefficient (Wildman–Crippen LogP) is 0.355. The van der Waals surface area contributed by atoms with Crippen molar-refractivity contribution in [2.45, 2.75) is 6.54 Å². The van der Waals surface area contributed by atoms with Crippen molar-refractivity contribution in [1.29, 1.82) is 10.5 Å². The average Bonchev–Trinajstić information content (AvgIpc) is 2.81. The summed E-state index contributed by atoms with van der Waals surface area (Å²) in [5.41, 5.74) is 3.69. The van der Waals surface area contributed by atoms with Gasteiger partial charge in [-0.15, -0.1) is 0 Å². The standard InChI is InChI=1S/C11H9N7/c12-3-9-10(4-13)18(7-16-9)6-8-1-2-11(17-14)15-5-8/h1-2,5,7H,6,14H2,(H,15,17). The van der Waals surface area contributed by atoms with Crippen LogP contribution >= 0.6 is 0 Å². The van der Waals surface area contributed by atoms with E-state index in [9.17, 15) is 0 Å². The van der Waals surface area contributed by atoms with Gasteiger partial charge in [0.25, 0.3) is 0 Å². The number of nitrogens with one attached hydrogen (secondary N) is 1. The monoisotopic (exact) mass is 239 g/mol. The maximum atomic E-state index is 8.98. The summed E-state index contributed by atoms with van der Waals surface area (Å²) < 4.78 is 1.60. The molecule has 2 aromatic rings. The summed E-state index contributed by atoms with van der Waals surface area (Å²) in [6, 6.07) is 7.39. The Labute approximate surface area is 103 Å². The van der Waals surface area contributed by atoms with Crippen molar-refractivity contribution >= 4 is 5.82 Å². The third kappa shape index (κ3) is 2.12. The van der Waals surface area contributed by atoms with Crippen LogP contribution in [0.1, 0.15) is 17.0 Å². The molecule has 0 aliphatic carbocycles. The molecule has 0 amide bonds. The number of nitrogens with two attached hydrogens (primary N) is 1. The number of nitriles is 2. The Morgan fingerprint density at radius 2 is 2.11 bits per heavy atom. The minimum atomic E-state index is 0.130. The molecule has 0 unspecified atom stereocenters. The first-order valence-corrected chi connectivity index (χ1v) is 5.05. The zero-order chi connectivity index (χ0) is 13.0. The van der Waals surface area contributed by atoms with Gasteiger partial charge in [-0.3, -0.25) is 0 Å². The maximum Gasteiger partial charge on any atom is 0.176 e. The lowest BCUT2D eigenvalue weighted by Crippen LogP contribution is -2.09. The van der Waals surface area contributed by atoms with E-state index in [1.807, 2.05) is 18.2 Å². The number of hydrogen-bond acceptors (Lipinski definition) is 6. The molecule has 7 nitrogen and oxygen atoms in total. The van der Waals surface area contributed by atoms with Gasteiger partial charge < -0.3 is 9.99 Å². The van der Waals surface area contributed by atoms with Crippen molar-refractivity contribution in [2.75, 3.05) is 5.43 Å². The van der Waals surface area contributed by atoms with E-state index in [1.165, 1.54) is 6.33 Å². The maximum absolute atomic E-state index is 8.98. The summed E-state index contributed by atoms with van der Waals surface area (Å²) in [4.78, 5) is 7.92. The second-order valence-corrected chi connectivity index (χ2v) is 3.49. The molecule has 0 aliphatic heterocycles. The third-order valence-corrected chi connectivity index (χ3v) is 2.38. The van der Waals surface area contributed by atoms with E-state index in [-0.39, 0.29) is 11.4 Å². The van der Waals surface area contributed by atoms with Gasteiger partial charge in [0.2, 0.25) is 0 Å². The fourth-order valence-electron chi connectivity index (χ4n) is 1.50. The first kappa shape index (κ1) is 11.6. The number of anilines is 1. The number of nitrogens with zero attached hydrogens (tertiary/aromatic N) is 5. The molecule has 18 heavy (non-hydrogen) atoms. The number of nitrogen functional groups attached to an aromatic ring is 1. The van der Waals surface area contributed by atoms with Crippen LogP contribution in [0, 0.1) is 22.7 Å². The molecule has 0 aromatic carbocycles. The first-order valence-electron chi connectivity index (χ1n) is 5.05. The largest absolute Gasteiger partial charge is 0.317 e. The summed E-state index contributed by atoms with van der Waals surface area (Å²) in [5, 5.41) is 17.8. The molecule has 2 rings (SSSR count). The van der Waals surface area contributed by atoms with E-state index in [0.717, 1.165) is 5.56 Å². The Morgan fingerprint density at radius 1 is 1.28 bits per heavy atom. The van der Waals surface area contributed by atoms with Gasteiger partial charge >= 0.3 is 0 Å². The molecular formula is C11H9N7. The molecule has 2 heterocycles. The normalized spacial score (nSPS) is 9.50. The molecular weight excluding hydrogens is 230 g/mol. The minimum absolute atomic E-state index is 0.130. The van der Waals surface area contributed by atoms with Gasteiger partial charge in [0.1, 0.15) is 18.0 Å². The smallest absolute Gasteiger partial charge is 0.176 e. The van der Waals surface area contributed by atoms with Gasteiger partial charge in [0, 0.05) is 6.20 Å². The quantitative estimate of drug-likeness (QED) is 0.589. The summed E-state index contributed by atoms with van der Waals surface area (Å²) in [6.07, 6.45) is 3.11. The lowest BCUT2D eigenvalue weighted by molar-refractivity contribution is 0.782. The van der Waals surface area contributed by atoms with Crippen molar-refractivity contribution < 1.29 is 0 Å². The molecule has 0 atom stereocenters. The highest BCUT2D eigenvalue weighted by molar-refractivity contribution is 5.37. The molecule has 0 fully saturated rings. The summed E-state index contributed by atoms with van der Waals surface area (Å²) in [5.74, 6) is 5.77. The Bertz CT molecular complexity index is 627. The number of rotatable bonds is 3. The van der Waals surface area contributed by atoms with Crippen molar-refractivity contribution in [1.82, 2.24) is 14.5 Å². The van der Waals surface area contributed by atoms with Crippen molar-refractivity contribution in [3.8, 4) is 12.1 Å². The van der Waals surface area contributed by atoms with Gasteiger partial charge in [-0.05, 0) is 11.6 Å². The number of hydrogen-bond donors (Lipinski definition) is 2. The van der Waals surface area contributed by atoms with Crippen LogP contribution in [0.5, 0.6) is 0 Å². The van der Waals surface area contributed by atoms with Gasteiger partial charge in [0.15, 0.2) is 11.4 Å². The Balaban J connectivity index is 2.26. The summed E-state index contributed by atoms with van der Waals surface area (Å²) in [7, 11) is 0. The molecule has 3 N–H and O–H groups in total. The highest BCUT2D eigenvalue weighted by Gasteiger charge is 2.10. The van der Waals surface area contributed by atoms with E-state index in [4.69, 9.17) is 16.4 Å². The van der Waals surface area contributed by atoms with Crippen LogP contribution in [0.25, 0.3) is 0 Å². The number of pyridine rings is 1. The molecule has 0 saturated heterocycles. The van der Waals surface area contributed by atoms with Gasteiger partial charge in [-0.2, -0.15) is 10.5 Å². The second kappa shape index (κ2) is 4.95. The fraction of sp³-hybridized carbons (Fsp3) is 0.0909. The van der Waals surface area contributed by atoms with Gasteiger partial charge in [0.05, 0.1) is 12.9 Å². The molecule has 0 bridgehead atoms. The molecule has 0 radical (unpaired) electrons. The SMILES string of the molecule is N#Cc1ncn(Cc2ccc(NN)nc2)c1C#N. The zero-order valence-corrected chi connectivity index (χ0v) is 9.33. The highest BCUT2D eigenvalue weighted by Crippen LogP contribution is 2.10. The number of aromatic nitrogens is 3. The van der Waals surface area contributed by atoms with Crippen LogP contribution in [-0.4, -0.2) is 14.5 Å². The third-order valence-electron chi connectivity index (χ3n) is 2.38. The zero-order valence-electron chi connectivity index (χ0n) is 9.33. The molecule has 0 spiro atoms. The fourth-order valence-corrected chi connectivity index (χ4v) is 1.50. The Hall–Kier alpha value is -2.90. The van der Waals surface area contributed by atoms with Crippen LogP contribution in [0.2, 0.25) is 0 Å². The number of imidazole rings is 1. The molecule has 0 saturated carbocycles. The average molecular weight is 239 g/mol. The summed E-state index contributed by atoms with van der Waals surface area (Å²) in [6.45, 7) is 0.426. The molecule has 2 aromatic heterocycles. The Morgan fingerprint density at radius 3 is 2.67 bits per heavy atom. The van der Waals surface area contributed by atoms with E-state index in [2.05, 4.69) is 15.4 Å². The minimum Gasteiger partial charge on any atom is -0.317 e. The van der Waals surface area contributed by atoms with Crippen LogP contribution in [-0.2, 0) is 6.54 Å². The number of hydrazine groups is 1. The van der Waals surface area contributed by atoms with Crippen molar-refractivity contribution in [3.63, 3.8) is 0 Å². The second-order valence-electron chi connectivity index (χ2n) is 3.49. The highest BCUT2D eigenvalue weighted by atomic mass is 15.2. The van der Waals surface area contributed by atoms with E-state index in [0.29, 0.717) is 12.4 Å². The van der Waals surface area contributed by atoms with E-state index in [1.54, 1.807) is 16.8 Å².